The van der Waals surface area contributed by atoms with E-state index in [0.29, 0.717) is 0 Å². The minimum Gasteiger partial charge on any atom is -0.463 e. The number of hydrogen-bond donors (Lipinski definition) is 1. The molecule has 3 nitrogen and oxygen atoms in total. The molecule has 1 aliphatic heterocycles. The number of nitrogens with one attached hydrogen (secondary N) is 1. The van der Waals surface area contributed by atoms with Gasteiger partial charge >= 0.3 is 0 Å². The molecule has 0 fully saturated rings. The zero-order chi connectivity index (χ0) is 12.6. The molecule has 18 heavy (non-hydrogen) atoms. The van der Waals surface area contributed by atoms with E-state index in [1.54, 1.807) is 11.8 Å². The van der Waals surface area contributed by atoms with Crippen molar-refractivity contribution in [1.29, 1.82) is 0 Å². The van der Waals surface area contributed by atoms with Crippen LogP contribution in [-0.2, 0) is 4.87 Å². The molecule has 4 heteroatoms. The molecule has 1 aromatic carbocycles. The summed E-state index contributed by atoms with van der Waals surface area (Å²) in [4.78, 5) is -0.320. The van der Waals surface area contributed by atoms with E-state index in [-0.39, 0.29) is 4.87 Å². The summed E-state index contributed by atoms with van der Waals surface area (Å²) in [5.41, 5.74) is 4.30. The van der Waals surface area contributed by atoms with Gasteiger partial charge in [-0.05, 0) is 26.0 Å². The fraction of sp³-hybridized carbons (Fsp3) is 0.214. The Labute approximate surface area is 110 Å². The normalized spacial score (nSPS) is 22.7. The molecule has 1 atom stereocenters. The van der Waals surface area contributed by atoms with Crippen LogP contribution in [0.2, 0.25) is 0 Å². The lowest BCUT2D eigenvalue weighted by Crippen LogP contribution is -2.28. The summed E-state index contributed by atoms with van der Waals surface area (Å²) in [6, 6.07) is 14.1. The molecule has 0 aliphatic carbocycles. The van der Waals surface area contributed by atoms with E-state index in [9.17, 15) is 0 Å². The predicted molar refractivity (Wildman–Crippen MR) is 74.5 cm³/mol. The van der Waals surface area contributed by atoms with Gasteiger partial charge in [0.2, 0.25) is 0 Å². The summed E-state index contributed by atoms with van der Waals surface area (Å²) in [5, 5.41) is 5.41. The zero-order valence-corrected chi connectivity index (χ0v) is 11.1. The van der Waals surface area contributed by atoms with Crippen molar-refractivity contribution < 1.29 is 4.42 Å². The standard InChI is InChI=1S/C14H14N2OS/c1-10-8-9-12(17-10)14(2)16-15-13(18-14)11-6-4-3-5-7-11/h3-9,16H,1-2H3/t14-/m1/s1. The van der Waals surface area contributed by atoms with Crippen LogP contribution in [-0.4, -0.2) is 5.04 Å². The maximum Gasteiger partial charge on any atom is 0.160 e. The average molecular weight is 258 g/mol. The van der Waals surface area contributed by atoms with Gasteiger partial charge in [-0.3, -0.25) is 5.43 Å². The third-order valence-corrected chi connectivity index (χ3v) is 4.12. The van der Waals surface area contributed by atoms with Crippen LogP contribution in [0.3, 0.4) is 0 Å². The van der Waals surface area contributed by atoms with Crippen LogP contribution in [0.5, 0.6) is 0 Å². The topological polar surface area (TPSA) is 37.5 Å². The second kappa shape index (κ2) is 4.21. The lowest BCUT2D eigenvalue weighted by Gasteiger charge is -2.19. The van der Waals surface area contributed by atoms with Gasteiger partial charge < -0.3 is 4.42 Å². The highest BCUT2D eigenvalue weighted by atomic mass is 32.2. The second-order valence-electron chi connectivity index (χ2n) is 4.44. The number of benzene rings is 1. The van der Waals surface area contributed by atoms with Crippen LogP contribution in [0.1, 0.15) is 24.0 Å². The summed E-state index contributed by atoms with van der Waals surface area (Å²) in [5.74, 6) is 1.82. The number of hydrazone groups is 1. The molecule has 0 amide bonds. The molecule has 1 aliphatic rings. The van der Waals surface area contributed by atoms with E-state index < -0.39 is 0 Å². The smallest absolute Gasteiger partial charge is 0.160 e. The van der Waals surface area contributed by atoms with Crippen LogP contribution in [0.25, 0.3) is 0 Å². The highest BCUT2D eigenvalue weighted by Crippen LogP contribution is 2.40. The minimum absolute atomic E-state index is 0.320. The van der Waals surface area contributed by atoms with Crippen molar-refractivity contribution in [1.82, 2.24) is 5.43 Å². The molecule has 2 aromatic rings. The maximum atomic E-state index is 5.70. The molecule has 3 rings (SSSR count). The minimum atomic E-state index is -0.320. The summed E-state index contributed by atoms with van der Waals surface area (Å²) in [7, 11) is 0. The van der Waals surface area contributed by atoms with Crippen molar-refractivity contribution in [2.75, 3.05) is 0 Å². The van der Waals surface area contributed by atoms with Crippen LogP contribution in [0.4, 0.5) is 0 Å². The highest BCUT2D eigenvalue weighted by Gasteiger charge is 2.37. The fourth-order valence-electron chi connectivity index (χ4n) is 1.90. The molecule has 0 saturated heterocycles. The lowest BCUT2D eigenvalue weighted by atomic mass is 10.2. The first-order valence-corrected chi connectivity index (χ1v) is 6.65. The van der Waals surface area contributed by atoms with E-state index in [2.05, 4.69) is 29.6 Å². The third kappa shape index (κ3) is 1.93. The van der Waals surface area contributed by atoms with Crippen LogP contribution >= 0.6 is 11.8 Å². The Morgan fingerprint density at radius 1 is 1.17 bits per heavy atom. The summed E-state index contributed by atoms with van der Waals surface area (Å²) in [6.07, 6.45) is 0. The van der Waals surface area contributed by atoms with Crippen LogP contribution < -0.4 is 5.43 Å². The number of rotatable bonds is 2. The first-order chi connectivity index (χ1) is 8.67. The van der Waals surface area contributed by atoms with Crippen molar-refractivity contribution in [3.63, 3.8) is 0 Å². The number of hydrogen-bond acceptors (Lipinski definition) is 4. The third-order valence-electron chi connectivity index (χ3n) is 2.90. The van der Waals surface area contributed by atoms with Crippen molar-refractivity contribution in [2.24, 2.45) is 5.10 Å². The number of thioether (sulfide) groups is 1. The van der Waals surface area contributed by atoms with Crippen molar-refractivity contribution in [3.05, 3.63) is 59.5 Å². The van der Waals surface area contributed by atoms with Gasteiger partial charge in [0.25, 0.3) is 0 Å². The Bertz CT molecular complexity index is 591. The molecular formula is C14H14N2OS. The van der Waals surface area contributed by atoms with Crippen molar-refractivity contribution >= 4 is 16.8 Å². The van der Waals surface area contributed by atoms with Crippen molar-refractivity contribution in [3.8, 4) is 0 Å². The van der Waals surface area contributed by atoms with Crippen molar-refractivity contribution in [2.45, 2.75) is 18.7 Å². The lowest BCUT2D eigenvalue weighted by molar-refractivity contribution is 0.401. The molecule has 0 spiro atoms. The van der Waals surface area contributed by atoms with E-state index in [1.807, 2.05) is 37.3 Å². The fourth-order valence-corrected chi connectivity index (χ4v) is 2.93. The van der Waals surface area contributed by atoms with Gasteiger partial charge in [0.15, 0.2) is 4.87 Å². The van der Waals surface area contributed by atoms with Gasteiger partial charge in [-0.2, -0.15) is 5.10 Å². The Morgan fingerprint density at radius 2 is 1.94 bits per heavy atom. The molecular weight excluding hydrogens is 244 g/mol. The van der Waals surface area contributed by atoms with E-state index in [0.717, 1.165) is 22.1 Å². The quantitative estimate of drug-likeness (QED) is 0.896. The number of furan rings is 1. The molecule has 0 saturated carbocycles. The van der Waals surface area contributed by atoms with Gasteiger partial charge in [-0.25, -0.2) is 0 Å². The van der Waals surface area contributed by atoms with E-state index >= 15 is 0 Å². The summed E-state index contributed by atoms with van der Waals surface area (Å²) < 4.78 is 5.70. The Hall–Kier alpha value is -1.68. The molecule has 1 aromatic heterocycles. The van der Waals surface area contributed by atoms with Gasteiger partial charge in [0.1, 0.15) is 16.6 Å². The van der Waals surface area contributed by atoms with Crippen LogP contribution in [0, 0.1) is 6.92 Å². The van der Waals surface area contributed by atoms with E-state index in [1.165, 1.54) is 0 Å². The zero-order valence-electron chi connectivity index (χ0n) is 10.3. The molecule has 0 unspecified atom stereocenters. The van der Waals surface area contributed by atoms with Crippen LogP contribution in [0.15, 0.2) is 52.0 Å². The summed E-state index contributed by atoms with van der Waals surface area (Å²) >= 11 is 1.68. The largest absolute Gasteiger partial charge is 0.463 e. The molecule has 0 radical (unpaired) electrons. The monoisotopic (exact) mass is 258 g/mol. The van der Waals surface area contributed by atoms with Gasteiger partial charge in [0.05, 0.1) is 0 Å². The molecule has 2 heterocycles. The Morgan fingerprint density at radius 3 is 2.61 bits per heavy atom. The van der Waals surface area contributed by atoms with Gasteiger partial charge in [0, 0.05) is 5.56 Å². The predicted octanol–water partition coefficient (Wildman–Crippen LogP) is 3.46. The highest BCUT2D eigenvalue weighted by molar-refractivity contribution is 8.15. The molecule has 92 valence electrons. The van der Waals surface area contributed by atoms with Gasteiger partial charge in [-0.15, -0.1) is 0 Å². The number of nitrogens with zero attached hydrogens (tertiary/aromatic N) is 1. The first kappa shape index (κ1) is 11.4. The molecule has 0 bridgehead atoms. The first-order valence-electron chi connectivity index (χ1n) is 5.84. The Balaban J connectivity index is 1.86. The molecule has 1 N–H and O–H groups in total. The maximum absolute atomic E-state index is 5.70. The summed E-state index contributed by atoms with van der Waals surface area (Å²) in [6.45, 7) is 4.03. The second-order valence-corrected chi connectivity index (χ2v) is 5.85. The number of aryl methyl sites for hydroxylation is 1. The Kier molecular flexibility index (Phi) is 2.67. The van der Waals surface area contributed by atoms with Gasteiger partial charge in [-0.1, -0.05) is 42.1 Å². The van der Waals surface area contributed by atoms with E-state index in [4.69, 9.17) is 4.42 Å². The average Bonchev–Trinajstić information content (AvgIpc) is 2.98. The SMILES string of the molecule is Cc1ccc([C@]2(C)NN=C(c3ccccc3)S2)o1.